The summed E-state index contributed by atoms with van der Waals surface area (Å²) in [5.41, 5.74) is 0. The summed E-state index contributed by atoms with van der Waals surface area (Å²) in [6.45, 7) is 2.27. The minimum Gasteiger partial charge on any atom is -0.508 e. The third kappa shape index (κ3) is 15.6. The molecule has 0 aliphatic carbocycles. The molecule has 3 nitrogen and oxygen atoms in total. The van der Waals surface area contributed by atoms with Gasteiger partial charge in [-0.05, 0) is 43.5 Å². The molecule has 1 unspecified atom stereocenters. The fourth-order valence-corrected chi connectivity index (χ4v) is 5.09. The van der Waals surface area contributed by atoms with E-state index < -0.39 is 5.97 Å². The maximum absolute atomic E-state index is 10.7. The van der Waals surface area contributed by atoms with E-state index in [0.29, 0.717) is 11.0 Å². The first kappa shape index (κ1) is 26.9. The molecule has 0 heterocycles. The van der Waals surface area contributed by atoms with Crippen molar-refractivity contribution in [1.82, 2.24) is 0 Å². The van der Waals surface area contributed by atoms with E-state index in [4.69, 9.17) is 5.11 Å². The number of aliphatic carboxylic acids is 1. The molecule has 172 valence electrons. The molecule has 30 heavy (non-hydrogen) atoms. The minimum absolute atomic E-state index is 0.273. The largest absolute Gasteiger partial charge is 0.508 e. The normalized spacial score (nSPS) is 12.2. The molecule has 0 saturated heterocycles. The van der Waals surface area contributed by atoms with Gasteiger partial charge in [-0.2, -0.15) is 0 Å². The van der Waals surface area contributed by atoms with Gasteiger partial charge in [-0.25, -0.2) is 0 Å². The van der Waals surface area contributed by atoms with Gasteiger partial charge >= 0.3 is 5.97 Å². The first-order valence-electron chi connectivity index (χ1n) is 12.3. The molecule has 0 aliphatic heterocycles. The molecule has 0 fully saturated rings. The molecule has 0 bridgehead atoms. The van der Waals surface area contributed by atoms with Crippen molar-refractivity contribution in [2.75, 3.05) is 0 Å². The van der Waals surface area contributed by atoms with Crippen LogP contribution in [0.3, 0.4) is 0 Å². The lowest BCUT2D eigenvalue weighted by Crippen LogP contribution is -2.04. The van der Waals surface area contributed by atoms with Gasteiger partial charge in [0.05, 0.1) is 0 Å². The van der Waals surface area contributed by atoms with E-state index in [1.54, 1.807) is 12.1 Å². The minimum atomic E-state index is -0.696. The number of hydrogen-bond acceptors (Lipinski definition) is 3. The Balaban J connectivity index is 2.15. The Labute approximate surface area is 189 Å². The van der Waals surface area contributed by atoms with Gasteiger partial charge in [0, 0.05) is 16.6 Å². The number of carboxylic acids is 1. The molecular formula is C26H44O3S. The number of hydrogen-bond donors (Lipinski definition) is 2. The van der Waals surface area contributed by atoms with Crippen LogP contribution in [0.1, 0.15) is 116 Å². The fraction of sp³-hybridized carbons (Fsp3) is 0.731. The highest BCUT2D eigenvalue weighted by Gasteiger charge is 2.11. The molecule has 0 spiro atoms. The number of aromatic hydroxyl groups is 1. The Hall–Kier alpha value is -1.16. The molecule has 0 aromatic heterocycles. The van der Waals surface area contributed by atoms with Gasteiger partial charge in [0.1, 0.15) is 5.75 Å². The molecule has 0 amide bonds. The van der Waals surface area contributed by atoms with Crippen LogP contribution in [0.2, 0.25) is 0 Å². The number of carboxylic acid groups (broad SMARTS) is 1. The van der Waals surface area contributed by atoms with E-state index in [1.165, 1.54) is 88.4 Å². The van der Waals surface area contributed by atoms with Gasteiger partial charge in [0.2, 0.25) is 0 Å². The van der Waals surface area contributed by atoms with Crippen LogP contribution >= 0.6 is 11.8 Å². The smallest absolute Gasteiger partial charge is 0.303 e. The van der Waals surface area contributed by atoms with Gasteiger partial charge in [-0.15, -0.1) is 11.8 Å². The van der Waals surface area contributed by atoms with Crippen LogP contribution in [0.15, 0.2) is 29.2 Å². The van der Waals surface area contributed by atoms with Gasteiger partial charge in [0.25, 0.3) is 0 Å². The molecule has 0 aliphatic rings. The second kappa shape index (κ2) is 18.6. The summed E-state index contributed by atoms with van der Waals surface area (Å²) >= 11 is 1.88. The first-order chi connectivity index (χ1) is 14.6. The van der Waals surface area contributed by atoms with E-state index in [-0.39, 0.29) is 6.42 Å². The molecule has 1 atom stereocenters. The van der Waals surface area contributed by atoms with E-state index in [1.807, 2.05) is 23.9 Å². The zero-order valence-electron chi connectivity index (χ0n) is 19.1. The average Bonchev–Trinajstić information content (AvgIpc) is 2.73. The molecule has 4 heteroatoms. The lowest BCUT2D eigenvalue weighted by atomic mass is 10.0. The molecule has 1 aromatic rings. The summed E-state index contributed by atoms with van der Waals surface area (Å²) in [5, 5.41) is 18.8. The number of unbranched alkanes of at least 4 members (excludes halogenated alkanes) is 12. The van der Waals surface area contributed by atoms with Crippen LogP contribution in [0.5, 0.6) is 5.75 Å². The van der Waals surface area contributed by atoms with Crippen molar-refractivity contribution >= 4 is 17.7 Å². The number of carbonyl (C=O) groups is 1. The zero-order valence-corrected chi connectivity index (χ0v) is 19.9. The van der Waals surface area contributed by atoms with E-state index in [2.05, 4.69) is 6.92 Å². The standard InChI is InChI=1S/C26H44O3S/c1-2-3-4-5-6-7-8-9-10-11-12-13-16-24(17-14-15-18-26(28)29)30-25-21-19-23(27)20-22-25/h19-22,24,27H,2-18H2,1H3,(H,28,29). The van der Waals surface area contributed by atoms with Crippen LogP contribution < -0.4 is 0 Å². The van der Waals surface area contributed by atoms with Gasteiger partial charge in [-0.1, -0.05) is 90.4 Å². The van der Waals surface area contributed by atoms with Crippen LogP contribution in [0.25, 0.3) is 0 Å². The summed E-state index contributed by atoms with van der Waals surface area (Å²) in [7, 11) is 0. The van der Waals surface area contributed by atoms with E-state index >= 15 is 0 Å². The predicted molar refractivity (Wildman–Crippen MR) is 130 cm³/mol. The second-order valence-corrected chi connectivity index (χ2v) is 9.92. The topological polar surface area (TPSA) is 57.5 Å². The lowest BCUT2D eigenvalue weighted by molar-refractivity contribution is -0.137. The van der Waals surface area contributed by atoms with Crippen molar-refractivity contribution < 1.29 is 15.0 Å². The van der Waals surface area contributed by atoms with Crippen LogP contribution in [0.4, 0.5) is 0 Å². The summed E-state index contributed by atoms with van der Waals surface area (Å²) < 4.78 is 0. The highest BCUT2D eigenvalue weighted by atomic mass is 32.2. The molecule has 0 radical (unpaired) electrons. The number of phenols is 1. The fourth-order valence-electron chi connectivity index (χ4n) is 3.84. The van der Waals surface area contributed by atoms with Crippen molar-refractivity contribution in [1.29, 1.82) is 0 Å². The summed E-state index contributed by atoms with van der Waals surface area (Å²) in [6, 6.07) is 7.44. The Morgan fingerprint density at radius 2 is 1.23 bits per heavy atom. The maximum Gasteiger partial charge on any atom is 0.303 e. The molecular weight excluding hydrogens is 392 g/mol. The van der Waals surface area contributed by atoms with Crippen LogP contribution in [-0.4, -0.2) is 21.4 Å². The third-order valence-electron chi connectivity index (χ3n) is 5.69. The van der Waals surface area contributed by atoms with Gasteiger partial charge < -0.3 is 10.2 Å². The summed E-state index contributed by atoms with van der Waals surface area (Å²) in [6.07, 6.45) is 20.7. The molecule has 2 N–H and O–H groups in total. The summed E-state index contributed by atoms with van der Waals surface area (Å²) in [5.74, 6) is -0.392. The number of phenolic OH excluding ortho intramolecular Hbond substituents is 1. The molecule has 1 rings (SSSR count). The van der Waals surface area contributed by atoms with E-state index in [9.17, 15) is 9.90 Å². The SMILES string of the molecule is CCCCCCCCCCCCCCC(CCCCC(=O)O)Sc1ccc(O)cc1. The predicted octanol–water partition coefficient (Wildman–Crippen LogP) is 8.59. The third-order valence-corrected chi connectivity index (χ3v) is 7.03. The first-order valence-corrected chi connectivity index (χ1v) is 13.2. The van der Waals surface area contributed by atoms with Crippen molar-refractivity contribution in [3.63, 3.8) is 0 Å². The lowest BCUT2D eigenvalue weighted by Gasteiger charge is -2.16. The number of benzene rings is 1. The highest BCUT2D eigenvalue weighted by molar-refractivity contribution is 8.00. The highest BCUT2D eigenvalue weighted by Crippen LogP contribution is 2.31. The van der Waals surface area contributed by atoms with Gasteiger partial charge in [0.15, 0.2) is 0 Å². The zero-order chi connectivity index (χ0) is 21.9. The Bertz CT molecular complexity index is 530. The monoisotopic (exact) mass is 436 g/mol. The van der Waals surface area contributed by atoms with Crippen molar-refractivity contribution in [3.8, 4) is 5.75 Å². The Kier molecular flexibility index (Phi) is 16.7. The van der Waals surface area contributed by atoms with Crippen molar-refractivity contribution in [2.45, 2.75) is 126 Å². The van der Waals surface area contributed by atoms with Gasteiger partial charge in [-0.3, -0.25) is 4.79 Å². The number of thioether (sulfide) groups is 1. The van der Waals surface area contributed by atoms with E-state index in [0.717, 1.165) is 19.3 Å². The number of rotatable bonds is 20. The average molecular weight is 437 g/mol. The Morgan fingerprint density at radius 3 is 1.73 bits per heavy atom. The maximum atomic E-state index is 10.7. The summed E-state index contributed by atoms with van der Waals surface area (Å²) in [4.78, 5) is 11.9. The quantitative estimate of drug-likeness (QED) is 0.159. The Morgan fingerprint density at radius 1 is 0.767 bits per heavy atom. The molecule has 0 saturated carbocycles. The van der Waals surface area contributed by atoms with Crippen LogP contribution in [-0.2, 0) is 4.79 Å². The van der Waals surface area contributed by atoms with Crippen LogP contribution in [0, 0.1) is 0 Å². The molecule has 1 aromatic carbocycles. The van der Waals surface area contributed by atoms with Crippen molar-refractivity contribution in [2.24, 2.45) is 0 Å². The second-order valence-electron chi connectivity index (χ2n) is 8.55. The van der Waals surface area contributed by atoms with Crippen molar-refractivity contribution in [3.05, 3.63) is 24.3 Å².